The molecule has 0 aliphatic rings. The van der Waals surface area contributed by atoms with Gasteiger partial charge in [0.15, 0.2) is 0 Å². The van der Waals surface area contributed by atoms with Crippen molar-refractivity contribution in [2.45, 2.75) is 44.7 Å². The monoisotopic (exact) mass is 253 g/mol. The predicted octanol–water partition coefficient (Wildman–Crippen LogP) is 0.915. The lowest BCUT2D eigenvalue weighted by Crippen LogP contribution is -2.61. The summed E-state index contributed by atoms with van der Waals surface area (Å²) in [6.07, 6.45) is 4.92. The number of nitrogens with two attached hydrogens (primary N) is 1. The summed E-state index contributed by atoms with van der Waals surface area (Å²) in [6, 6.07) is 2.24. The smallest absolute Gasteiger partial charge is 0.0641 e. The number of nitrogens with zero attached hydrogens (tertiary/aromatic N) is 3. The number of nitrogens with one attached hydrogen (secondary N) is 1. The van der Waals surface area contributed by atoms with E-state index >= 15 is 0 Å². The number of hydrogen-bond donors (Lipinski definition) is 2. The van der Waals surface area contributed by atoms with Crippen LogP contribution in [0.4, 0.5) is 0 Å². The summed E-state index contributed by atoms with van der Waals surface area (Å²) in [5.41, 5.74) is 4.13. The summed E-state index contributed by atoms with van der Waals surface area (Å²) in [7, 11) is 6.18. The van der Waals surface area contributed by atoms with Crippen molar-refractivity contribution >= 4 is 0 Å². The topological polar surface area (TPSA) is 59.1 Å². The van der Waals surface area contributed by atoms with Crippen molar-refractivity contribution in [3.8, 4) is 0 Å². The Morgan fingerprint density at radius 3 is 2.39 bits per heavy atom. The van der Waals surface area contributed by atoms with Crippen LogP contribution in [0, 0.1) is 0 Å². The highest BCUT2D eigenvalue weighted by molar-refractivity contribution is 5.07. The van der Waals surface area contributed by atoms with E-state index in [4.69, 9.17) is 5.84 Å². The summed E-state index contributed by atoms with van der Waals surface area (Å²) >= 11 is 0. The minimum Gasteiger partial charge on any atom is -0.302 e. The molecular formula is C13H27N5. The van der Waals surface area contributed by atoms with E-state index in [1.807, 2.05) is 17.9 Å². The zero-order chi connectivity index (χ0) is 13.8. The third-order valence-corrected chi connectivity index (χ3v) is 4.15. The molecule has 0 spiro atoms. The van der Waals surface area contributed by atoms with Gasteiger partial charge < -0.3 is 4.90 Å². The van der Waals surface area contributed by atoms with Gasteiger partial charge in [-0.15, -0.1) is 0 Å². The van der Waals surface area contributed by atoms with Crippen LogP contribution in [0.15, 0.2) is 12.3 Å². The Morgan fingerprint density at radius 1 is 1.44 bits per heavy atom. The largest absolute Gasteiger partial charge is 0.302 e. The van der Waals surface area contributed by atoms with Crippen molar-refractivity contribution in [1.82, 2.24) is 20.1 Å². The first kappa shape index (κ1) is 15.1. The molecule has 0 aliphatic carbocycles. The fraction of sp³-hybridized carbons (Fsp3) is 0.769. The van der Waals surface area contributed by atoms with Crippen LogP contribution >= 0.6 is 0 Å². The Hall–Kier alpha value is -0.910. The molecule has 0 aromatic carbocycles. The fourth-order valence-corrected chi connectivity index (χ4v) is 2.87. The van der Waals surface area contributed by atoms with Crippen molar-refractivity contribution in [2.75, 3.05) is 14.1 Å². The van der Waals surface area contributed by atoms with Crippen LogP contribution in [-0.2, 0) is 13.5 Å². The highest BCUT2D eigenvalue weighted by atomic mass is 15.3. The van der Waals surface area contributed by atoms with Gasteiger partial charge in [-0.2, -0.15) is 5.10 Å². The van der Waals surface area contributed by atoms with Gasteiger partial charge >= 0.3 is 0 Å². The molecule has 1 aromatic heterocycles. The molecule has 0 saturated carbocycles. The molecule has 104 valence electrons. The Morgan fingerprint density at radius 2 is 2.06 bits per heavy atom. The number of rotatable bonds is 7. The van der Waals surface area contributed by atoms with Crippen LogP contribution < -0.4 is 11.3 Å². The fourth-order valence-electron chi connectivity index (χ4n) is 2.87. The van der Waals surface area contributed by atoms with Gasteiger partial charge in [0.05, 0.1) is 5.69 Å². The maximum absolute atomic E-state index is 5.79. The zero-order valence-corrected chi connectivity index (χ0v) is 12.3. The van der Waals surface area contributed by atoms with Crippen molar-refractivity contribution in [3.63, 3.8) is 0 Å². The van der Waals surface area contributed by atoms with E-state index in [1.165, 1.54) is 0 Å². The van der Waals surface area contributed by atoms with Crippen LogP contribution in [-0.4, -0.2) is 40.4 Å². The third-order valence-electron chi connectivity index (χ3n) is 4.15. The highest BCUT2D eigenvalue weighted by Gasteiger charge is 2.37. The molecule has 1 atom stereocenters. The Balaban J connectivity index is 2.92. The standard InChI is InChI=1S/C13H27N5/c1-6-13(7-2,17(3)4)12(15-14)10-11-8-9-18(5)16-11/h8-9,12,15H,6-7,10,14H2,1-5H3. The molecular weight excluding hydrogens is 226 g/mol. The minimum atomic E-state index is 0.0618. The van der Waals surface area contributed by atoms with Gasteiger partial charge in [0.25, 0.3) is 0 Å². The number of aryl methyl sites for hydroxylation is 1. The second-order valence-corrected chi connectivity index (χ2v) is 5.11. The number of hydrazine groups is 1. The van der Waals surface area contributed by atoms with Crippen LogP contribution in [0.1, 0.15) is 32.4 Å². The number of hydrogen-bond acceptors (Lipinski definition) is 4. The summed E-state index contributed by atoms with van der Waals surface area (Å²) in [5.74, 6) is 5.79. The normalized spacial score (nSPS) is 14.2. The van der Waals surface area contributed by atoms with Gasteiger partial charge in [0, 0.05) is 31.2 Å². The van der Waals surface area contributed by atoms with Crippen molar-refractivity contribution in [1.29, 1.82) is 0 Å². The molecule has 0 bridgehead atoms. The van der Waals surface area contributed by atoms with Crippen molar-refractivity contribution in [3.05, 3.63) is 18.0 Å². The van der Waals surface area contributed by atoms with Crippen LogP contribution in [0.25, 0.3) is 0 Å². The predicted molar refractivity (Wildman–Crippen MR) is 75.0 cm³/mol. The average Bonchev–Trinajstić information content (AvgIpc) is 2.75. The molecule has 3 N–H and O–H groups in total. The third kappa shape index (κ3) is 2.91. The van der Waals surface area contributed by atoms with E-state index < -0.39 is 0 Å². The maximum Gasteiger partial charge on any atom is 0.0641 e. The molecule has 0 saturated heterocycles. The summed E-state index contributed by atoms with van der Waals surface area (Å²) < 4.78 is 1.83. The molecule has 0 aliphatic heterocycles. The number of aromatic nitrogens is 2. The second kappa shape index (κ2) is 6.31. The van der Waals surface area contributed by atoms with Crippen LogP contribution in [0.2, 0.25) is 0 Å². The molecule has 1 rings (SSSR count). The van der Waals surface area contributed by atoms with Gasteiger partial charge in [-0.05, 0) is 33.0 Å². The summed E-state index contributed by atoms with van der Waals surface area (Å²) in [4.78, 5) is 2.28. The van der Waals surface area contributed by atoms with E-state index in [0.717, 1.165) is 25.0 Å². The molecule has 0 fully saturated rings. The van der Waals surface area contributed by atoms with E-state index in [9.17, 15) is 0 Å². The van der Waals surface area contributed by atoms with Gasteiger partial charge in [-0.3, -0.25) is 16.0 Å². The molecule has 0 amide bonds. The maximum atomic E-state index is 5.79. The molecule has 5 heteroatoms. The first-order valence-corrected chi connectivity index (χ1v) is 6.62. The molecule has 0 radical (unpaired) electrons. The van der Waals surface area contributed by atoms with Crippen LogP contribution in [0.5, 0.6) is 0 Å². The first-order chi connectivity index (χ1) is 8.50. The van der Waals surface area contributed by atoms with Crippen molar-refractivity contribution < 1.29 is 0 Å². The zero-order valence-electron chi connectivity index (χ0n) is 12.3. The lowest BCUT2D eigenvalue weighted by molar-refractivity contribution is 0.0877. The highest BCUT2D eigenvalue weighted by Crippen LogP contribution is 2.27. The van der Waals surface area contributed by atoms with Gasteiger partial charge in [0.1, 0.15) is 0 Å². The molecule has 1 unspecified atom stereocenters. The van der Waals surface area contributed by atoms with E-state index in [1.54, 1.807) is 0 Å². The Bertz CT molecular complexity index is 354. The Labute approximate surface area is 110 Å². The minimum absolute atomic E-state index is 0.0618. The van der Waals surface area contributed by atoms with E-state index in [0.29, 0.717) is 0 Å². The molecule has 1 aromatic rings. The SMILES string of the molecule is CCC(CC)(C(Cc1ccn(C)n1)NN)N(C)C. The van der Waals surface area contributed by atoms with Crippen molar-refractivity contribution in [2.24, 2.45) is 12.9 Å². The average molecular weight is 253 g/mol. The quantitative estimate of drug-likeness (QED) is 0.560. The van der Waals surface area contributed by atoms with E-state index in [-0.39, 0.29) is 11.6 Å². The van der Waals surface area contributed by atoms with Crippen LogP contribution in [0.3, 0.4) is 0 Å². The lowest BCUT2D eigenvalue weighted by atomic mass is 9.81. The molecule has 1 heterocycles. The van der Waals surface area contributed by atoms with E-state index in [2.05, 4.69) is 49.4 Å². The van der Waals surface area contributed by atoms with Gasteiger partial charge in [0.2, 0.25) is 0 Å². The van der Waals surface area contributed by atoms with Gasteiger partial charge in [-0.1, -0.05) is 13.8 Å². The summed E-state index contributed by atoms with van der Waals surface area (Å²) in [5, 5.41) is 4.44. The van der Waals surface area contributed by atoms with Gasteiger partial charge in [-0.25, -0.2) is 0 Å². The number of likely N-dealkylation sites (N-methyl/N-ethyl adjacent to an activating group) is 1. The molecule has 18 heavy (non-hydrogen) atoms. The molecule has 5 nitrogen and oxygen atoms in total. The second-order valence-electron chi connectivity index (χ2n) is 5.11. The first-order valence-electron chi connectivity index (χ1n) is 6.62. The summed E-state index contributed by atoms with van der Waals surface area (Å²) in [6.45, 7) is 4.43. The Kier molecular flexibility index (Phi) is 5.31. The lowest BCUT2D eigenvalue weighted by Gasteiger charge is -2.44.